The van der Waals surface area contributed by atoms with E-state index in [1.807, 2.05) is 0 Å². The number of rotatable bonds is 4. The third kappa shape index (κ3) is 2.91. The summed E-state index contributed by atoms with van der Waals surface area (Å²) in [5.74, 6) is -0.154. The van der Waals surface area contributed by atoms with Gasteiger partial charge in [-0.2, -0.15) is 0 Å². The summed E-state index contributed by atoms with van der Waals surface area (Å²) in [5.41, 5.74) is 1.36. The number of amides is 3. The maximum Gasteiger partial charge on any atom is 0.261 e. The van der Waals surface area contributed by atoms with Gasteiger partial charge in [-0.05, 0) is 30.3 Å². The molecule has 3 amide bonds. The summed E-state index contributed by atoms with van der Waals surface area (Å²) in [5, 5.41) is 2.71. The Morgan fingerprint density at radius 1 is 0.920 bits per heavy atom. The van der Waals surface area contributed by atoms with Gasteiger partial charge in [-0.1, -0.05) is 0 Å². The first kappa shape index (κ1) is 16.5. The number of carbonyl (C=O) groups excluding carboxylic acids is 3. The number of ether oxygens (including phenoxy) is 2. The number of methoxy groups -OCH3 is 2. The molecule has 0 spiro atoms. The zero-order chi connectivity index (χ0) is 18.1. The van der Waals surface area contributed by atoms with E-state index in [0.717, 1.165) is 4.90 Å². The van der Waals surface area contributed by atoms with Crippen molar-refractivity contribution in [3.05, 3.63) is 53.1 Å². The van der Waals surface area contributed by atoms with Crippen molar-refractivity contribution in [1.82, 2.24) is 4.90 Å². The van der Waals surface area contributed by atoms with E-state index in [1.165, 1.54) is 33.4 Å². The van der Waals surface area contributed by atoms with Gasteiger partial charge in [0.25, 0.3) is 17.7 Å². The number of hydrogen-bond donors (Lipinski definition) is 1. The molecule has 1 aliphatic heterocycles. The van der Waals surface area contributed by atoms with Crippen LogP contribution >= 0.6 is 0 Å². The van der Waals surface area contributed by atoms with Gasteiger partial charge in [-0.25, -0.2) is 0 Å². The SMILES string of the molecule is COc1cc(OC)cc(C(=O)Nc2ccc3c(c2)C(=O)N(C)C3=O)c1. The van der Waals surface area contributed by atoms with E-state index < -0.39 is 0 Å². The third-order valence-corrected chi connectivity index (χ3v) is 3.96. The minimum atomic E-state index is -0.390. The normalized spacial score (nSPS) is 12.8. The standard InChI is InChI=1S/C18H16N2O5/c1-20-17(22)14-5-4-11(8-15(14)18(20)23)19-16(21)10-6-12(24-2)9-13(7-10)25-3/h4-9H,1-3H3,(H,19,21). The second-order valence-corrected chi connectivity index (χ2v) is 5.49. The van der Waals surface area contributed by atoms with Crippen LogP contribution in [-0.2, 0) is 0 Å². The highest BCUT2D eigenvalue weighted by atomic mass is 16.5. The lowest BCUT2D eigenvalue weighted by Crippen LogP contribution is -2.24. The smallest absolute Gasteiger partial charge is 0.261 e. The molecule has 0 atom stereocenters. The highest BCUT2D eigenvalue weighted by Crippen LogP contribution is 2.26. The quantitative estimate of drug-likeness (QED) is 0.863. The Bertz CT molecular complexity index is 869. The Hall–Kier alpha value is -3.35. The number of imide groups is 1. The van der Waals surface area contributed by atoms with Crippen LogP contribution in [0.25, 0.3) is 0 Å². The van der Waals surface area contributed by atoms with Crippen molar-refractivity contribution in [3.63, 3.8) is 0 Å². The number of hydrogen-bond acceptors (Lipinski definition) is 5. The van der Waals surface area contributed by atoms with Crippen molar-refractivity contribution in [2.45, 2.75) is 0 Å². The molecule has 128 valence electrons. The molecule has 2 aromatic carbocycles. The van der Waals surface area contributed by atoms with Crippen LogP contribution in [0.2, 0.25) is 0 Å². The number of carbonyl (C=O) groups is 3. The van der Waals surface area contributed by atoms with Crippen molar-refractivity contribution in [3.8, 4) is 11.5 Å². The highest BCUT2D eigenvalue weighted by molar-refractivity contribution is 6.21. The largest absolute Gasteiger partial charge is 0.497 e. The number of nitrogens with zero attached hydrogens (tertiary/aromatic N) is 1. The van der Waals surface area contributed by atoms with Gasteiger partial charge in [0.1, 0.15) is 11.5 Å². The van der Waals surface area contributed by atoms with E-state index in [9.17, 15) is 14.4 Å². The van der Waals surface area contributed by atoms with E-state index in [1.54, 1.807) is 24.3 Å². The number of anilines is 1. The Kier molecular flexibility index (Phi) is 4.14. The van der Waals surface area contributed by atoms with E-state index in [4.69, 9.17) is 9.47 Å². The minimum absolute atomic E-state index is 0.272. The van der Waals surface area contributed by atoms with Gasteiger partial charge >= 0.3 is 0 Å². The molecule has 0 saturated heterocycles. The third-order valence-electron chi connectivity index (χ3n) is 3.96. The molecule has 25 heavy (non-hydrogen) atoms. The Morgan fingerprint density at radius 2 is 1.52 bits per heavy atom. The van der Waals surface area contributed by atoms with E-state index in [0.29, 0.717) is 28.3 Å². The van der Waals surface area contributed by atoms with Crippen molar-refractivity contribution < 1.29 is 23.9 Å². The van der Waals surface area contributed by atoms with Crippen molar-refractivity contribution >= 4 is 23.4 Å². The molecule has 0 radical (unpaired) electrons. The molecule has 2 aromatic rings. The average molecular weight is 340 g/mol. The van der Waals surface area contributed by atoms with Crippen LogP contribution in [0, 0.1) is 0 Å². The number of benzene rings is 2. The van der Waals surface area contributed by atoms with Crippen molar-refractivity contribution in [1.29, 1.82) is 0 Å². The first-order valence-corrected chi connectivity index (χ1v) is 7.45. The molecule has 0 bridgehead atoms. The predicted molar refractivity (Wildman–Crippen MR) is 90.4 cm³/mol. The summed E-state index contributed by atoms with van der Waals surface area (Å²) in [7, 11) is 4.41. The molecule has 0 aromatic heterocycles. The fourth-order valence-corrected chi connectivity index (χ4v) is 2.58. The molecular formula is C18H16N2O5. The number of fused-ring (bicyclic) bond motifs is 1. The monoisotopic (exact) mass is 340 g/mol. The molecule has 0 aliphatic carbocycles. The second kappa shape index (κ2) is 6.27. The molecule has 1 N–H and O–H groups in total. The number of nitrogens with one attached hydrogen (secondary N) is 1. The molecule has 7 heteroatoms. The predicted octanol–water partition coefficient (Wildman–Crippen LogP) is 2.18. The van der Waals surface area contributed by atoms with Gasteiger partial charge in [0.2, 0.25) is 0 Å². The molecule has 7 nitrogen and oxygen atoms in total. The maximum atomic E-state index is 12.5. The lowest BCUT2D eigenvalue weighted by atomic mass is 10.1. The second-order valence-electron chi connectivity index (χ2n) is 5.49. The lowest BCUT2D eigenvalue weighted by Gasteiger charge is -2.10. The summed E-state index contributed by atoms with van der Waals surface area (Å²) in [6.45, 7) is 0. The molecule has 3 rings (SSSR count). The van der Waals surface area contributed by atoms with Crippen molar-refractivity contribution in [2.75, 3.05) is 26.6 Å². The summed E-state index contributed by atoms with van der Waals surface area (Å²) < 4.78 is 10.3. The molecule has 1 aliphatic rings. The topological polar surface area (TPSA) is 84.9 Å². The van der Waals surface area contributed by atoms with Crippen LogP contribution < -0.4 is 14.8 Å². The van der Waals surface area contributed by atoms with Crippen LogP contribution in [0.5, 0.6) is 11.5 Å². The zero-order valence-corrected chi connectivity index (χ0v) is 14.0. The summed E-state index contributed by atoms with van der Waals surface area (Å²) in [4.78, 5) is 37.5. The van der Waals surface area contributed by atoms with E-state index in [2.05, 4.69) is 5.32 Å². The Labute approximate surface area is 144 Å². The van der Waals surface area contributed by atoms with Gasteiger partial charge < -0.3 is 14.8 Å². The molecule has 1 heterocycles. The summed E-state index contributed by atoms with van der Waals surface area (Å²) >= 11 is 0. The van der Waals surface area contributed by atoms with Crippen LogP contribution in [0.1, 0.15) is 31.1 Å². The minimum Gasteiger partial charge on any atom is -0.497 e. The van der Waals surface area contributed by atoms with Gasteiger partial charge in [-0.15, -0.1) is 0 Å². The lowest BCUT2D eigenvalue weighted by molar-refractivity contribution is 0.0692. The van der Waals surface area contributed by atoms with Crippen LogP contribution in [0.15, 0.2) is 36.4 Å². The first-order chi connectivity index (χ1) is 11.9. The summed E-state index contributed by atoms with van der Waals surface area (Å²) in [6, 6.07) is 9.42. The van der Waals surface area contributed by atoms with Gasteiger partial charge in [0, 0.05) is 24.4 Å². The van der Waals surface area contributed by atoms with Gasteiger partial charge in [0.15, 0.2) is 0 Å². The van der Waals surface area contributed by atoms with Crippen LogP contribution in [0.4, 0.5) is 5.69 Å². The van der Waals surface area contributed by atoms with Gasteiger partial charge in [-0.3, -0.25) is 19.3 Å². The molecular weight excluding hydrogens is 324 g/mol. The van der Waals surface area contributed by atoms with E-state index in [-0.39, 0.29) is 23.3 Å². The fraction of sp³-hybridized carbons (Fsp3) is 0.167. The van der Waals surface area contributed by atoms with Crippen LogP contribution in [0.3, 0.4) is 0 Å². The average Bonchev–Trinajstić information content (AvgIpc) is 2.85. The highest BCUT2D eigenvalue weighted by Gasteiger charge is 2.32. The molecule has 0 unspecified atom stereocenters. The zero-order valence-electron chi connectivity index (χ0n) is 14.0. The Balaban J connectivity index is 1.88. The maximum absolute atomic E-state index is 12.5. The summed E-state index contributed by atoms with van der Waals surface area (Å²) in [6.07, 6.45) is 0. The van der Waals surface area contributed by atoms with Gasteiger partial charge in [0.05, 0.1) is 25.3 Å². The molecule has 0 saturated carbocycles. The van der Waals surface area contributed by atoms with Crippen LogP contribution in [-0.4, -0.2) is 43.9 Å². The first-order valence-electron chi connectivity index (χ1n) is 7.45. The Morgan fingerprint density at radius 3 is 2.12 bits per heavy atom. The fourth-order valence-electron chi connectivity index (χ4n) is 2.58. The van der Waals surface area contributed by atoms with E-state index >= 15 is 0 Å². The molecule has 0 fully saturated rings. The van der Waals surface area contributed by atoms with Crippen molar-refractivity contribution in [2.24, 2.45) is 0 Å².